The number of hydrogen-bond acceptors (Lipinski definition) is 4. The zero-order valence-corrected chi connectivity index (χ0v) is 13.7. The molecule has 21 heavy (non-hydrogen) atoms. The number of pyridine rings is 1. The summed E-state index contributed by atoms with van der Waals surface area (Å²) in [6, 6.07) is 1.30. The molecule has 0 atom stereocenters. The van der Waals surface area contributed by atoms with Crippen molar-refractivity contribution < 1.29 is 4.79 Å². The second-order valence-electron chi connectivity index (χ2n) is 4.68. The largest absolute Gasteiger partial charge is 0.384 e. The number of rotatable bonds is 3. The molecule has 0 aromatic carbocycles. The number of carbonyl (C=O) groups excluding carboxylic acids is 1. The van der Waals surface area contributed by atoms with E-state index in [1.54, 1.807) is 0 Å². The molecule has 0 bridgehead atoms. The average molecular weight is 358 g/mol. The molecule has 0 aliphatic carbocycles. The van der Waals surface area contributed by atoms with Crippen molar-refractivity contribution in [1.82, 2.24) is 15.6 Å². The third kappa shape index (κ3) is 5.39. The van der Waals surface area contributed by atoms with Crippen LogP contribution >= 0.6 is 36.4 Å². The summed E-state index contributed by atoms with van der Waals surface area (Å²) in [5, 5.41) is 6.20. The maximum Gasteiger partial charge on any atom is 0.262 e. The summed E-state index contributed by atoms with van der Waals surface area (Å²) in [5.41, 5.74) is 4.92. The van der Waals surface area contributed by atoms with Gasteiger partial charge in [-0.3, -0.25) is 9.59 Å². The van der Waals surface area contributed by atoms with Crippen molar-refractivity contribution in [2.24, 2.45) is 5.92 Å². The van der Waals surface area contributed by atoms with E-state index in [0.29, 0.717) is 12.5 Å². The maximum absolute atomic E-state index is 11.9. The first kappa shape index (κ1) is 20.1. The maximum atomic E-state index is 11.9. The lowest BCUT2D eigenvalue weighted by molar-refractivity contribution is 0.0942. The van der Waals surface area contributed by atoms with Crippen LogP contribution in [0.15, 0.2) is 10.9 Å². The summed E-state index contributed by atoms with van der Waals surface area (Å²) in [6.45, 7) is 2.51. The van der Waals surface area contributed by atoms with Crippen molar-refractivity contribution in [2.75, 3.05) is 25.4 Å². The van der Waals surface area contributed by atoms with Gasteiger partial charge < -0.3 is 21.4 Å². The van der Waals surface area contributed by atoms with Crippen LogP contribution in [0.25, 0.3) is 0 Å². The fourth-order valence-corrected chi connectivity index (χ4v) is 2.26. The number of anilines is 1. The van der Waals surface area contributed by atoms with Gasteiger partial charge in [0.1, 0.15) is 11.4 Å². The van der Waals surface area contributed by atoms with Crippen molar-refractivity contribution in [3.05, 3.63) is 27.0 Å². The fraction of sp³-hybridized carbons (Fsp3) is 0.500. The Morgan fingerprint density at radius 1 is 1.38 bits per heavy atom. The van der Waals surface area contributed by atoms with E-state index in [0.717, 1.165) is 25.9 Å². The van der Waals surface area contributed by atoms with E-state index in [1.807, 2.05) is 0 Å². The monoisotopic (exact) mass is 356 g/mol. The van der Waals surface area contributed by atoms with Crippen LogP contribution in [-0.4, -0.2) is 30.5 Å². The molecule has 6 nitrogen and oxygen atoms in total. The minimum atomic E-state index is -0.523. The number of H-pyrrole nitrogens is 1. The minimum absolute atomic E-state index is 0. The quantitative estimate of drug-likeness (QED) is 0.652. The van der Waals surface area contributed by atoms with E-state index in [2.05, 4.69) is 15.6 Å². The number of nitrogen functional groups attached to an aromatic ring is 1. The fourth-order valence-electron chi connectivity index (χ4n) is 2.11. The molecule has 2 rings (SSSR count). The van der Waals surface area contributed by atoms with Crippen LogP contribution in [0, 0.1) is 5.92 Å². The van der Waals surface area contributed by atoms with Gasteiger partial charge in [-0.05, 0) is 37.9 Å². The Bertz CT molecular complexity index is 530. The zero-order valence-electron chi connectivity index (χ0n) is 11.3. The molecular weight excluding hydrogens is 339 g/mol. The summed E-state index contributed by atoms with van der Waals surface area (Å²) in [6.07, 6.45) is 2.05. The number of nitrogens with one attached hydrogen (secondary N) is 3. The predicted octanol–water partition coefficient (Wildman–Crippen LogP) is 1.18. The van der Waals surface area contributed by atoms with Gasteiger partial charge in [0.15, 0.2) is 0 Å². The van der Waals surface area contributed by atoms with Crippen LogP contribution in [0.4, 0.5) is 5.82 Å². The van der Waals surface area contributed by atoms with Crippen LogP contribution in [0.3, 0.4) is 0 Å². The lowest BCUT2D eigenvalue weighted by Gasteiger charge is -2.22. The summed E-state index contributed by atoms with van der Waals surface area (Å²) in [7, 11) is 0. The van der Waals surface area contributed by atoms with Crippen LogP contribution in [0.2, 0.25) is 5.02 Å². The average Bonchev–Trinajstić information content (AvgIpc) is 2.41. The van der Waals surface area contributed by atoms with Gasteiger partial charge in [0.05, 0.1) is 5.02 Å². The molecule has 0 radical (unpaired) electrons. The SMILES string of the molecule is Cl.Cl.Nc1[nH]c(=O)c(C(=O)NCC2CCNCC2)cc1Cl. The molecule has 9 heteroatoms. The van der Waals surface area contributed by atoms with Crippen molar-refractivity contribution in [3.63, 3.8) is 0 Å². The van der Waals surface area contributed by atoms with E-state index in [-0.39, 0.29) is 41.2 Å². The second-order valence-corrected chi connectivity index (χ2v) is 5.08. The Kier molecular flexibility index (Phi) is 8.73. The van der Waals surface area contributed by atoms with Crippen LogP contribution in [0.5, 0.6) is 0 Å². The van der Waals surface area contributed by atoms with E-state index in [1.165, 1.54) is 6.07 Å². The molecule has 1 aliphatic heterocycles. The van der Waals surface area contributed by atoms with Gasteiger partial charge in [0, 0.05) is 6.54 Å². The highest BCUT2D eigenvalue weighted by Gasteiger charge is 2.17. The van der Waals surface area contributed by atoms with E-state index in [4.69, 9.17) is 17.3 Å². The lowest BCUT2D eigenvalue weighted by Crippen LogP contribution is -2.37. The van der Waals surface area contributed by atoms with Crippen molar-refractivity contribution in [3.8, 4) is 0 Å². The number of halogens is 3. The van der Waals surface area contributed by atoms with Gasteiger partial charge in [-0.25, -0.2) is 0 Å². The van der Waals surface area contributed by atoms with Gasteiger partial charge in [0.25, 0.3) is 11.5 Å². The molecule has 1 aromatic heterocycles. The van der Waals surface area contributed by atoms with Gasteiger partial charge >= 0.3 is 0 Å². The molecule has 5 N–H and O–H groups in total. The third-order valence-electron chi connectivity index (χ3n) is 3.28. The van der Waals surface area contributed by atoms with E-state index >= 15 is 0 Å². The number of nitrogens with two attached hydrogens (primary N) is 1. The number of carbonyl (C=O) groups is 1. The first-order valence-corrected chi connectivity index (χ1v) is 6.63. The highest BCUT2D eigenvalue weighted by molar-refractivity contribution is 6.33. The molecule has 1 aliphatic rings. The highest BCUT2D eigenvalue weighted by atomic mass is 35.5. The summed E-state index contributed by atoms with van der Waals surface area (Å²) < 4.78 is 0. The Morgan fingerprint density at radius 2 is 2.00 bits per heavy atom. The first-order chi connectivity index (χ1) is 9.08. The summed E-state index contributed by atoms with van der Waals surface area (Å²) >= 11 is 5.80. The molecule has 0 saturated carbocycles. The molecule has 0 spiro atoms. The molecule has 1 saturated heterocycles. The first-order valence-electron chi connectivity index (χ1n) is 6.25. The van der Waals surface area contributed by atoms with E-state index < -0.39 is 11.5 Å². The van der Waals surface area contributed by atoms with Crippen molar-refractivity contribution in [1.29, 1.82) is 0 Å². The Labute approximate surface area is 140 Å². The number of aromatic amines is 1. The van der Waals surface area contributed by atoms with Crippen molar-refractivity contribution >= 4 is 48.1 Å². The molecular formula is C12H19Cl3N4O2. The lowest BCUT2D eigenvalue weighted by atomic mass is 9.98. The molecule has 120 valence electrons. The van der Waals surface area contributed by atoms with Crippen LogP contribution < -0.4 is 21.9 Å². The third-order valence-corrected chi connectivity index (χ3v) is 3.59. The highest BCUT2D eigenvalue weighted by Crippen LogP contribution is 2.14. The standard InChI is InChI=1S/C12H17ClN4O2.2ClH/c13-9-5-8(12(19)17-10(9)14)11(18)16-6-7-1-3-15-4-2-7;;/h5,7,15H,1-4,6H2,(H,16,18)(H3,14,17,19);2*1H. The van der Waals surface area contributed by atoms with Crippen LogP contribution in [-0.2, 0) is 0 Å². The summed E-state index contributed by atoms with van der Waals surface area (Å²) in [5.74, 6) is 0.108. The van der Waals surface area contributed by atoms with Crippen molar-refractivity contribution in [2.45, 2.75) is 12.8 Å². The number of piperidine rings is 1. The van der Waals surface area contributed by atoms with Gasteiger partial charge in [-0.15, -0.1) is 24.8 Å². The van der Waals surface area contributed by atoms with Gasteiger partial charge in [0.2, 0.25) is 0 Å². The Morgan fingerprint density at radius 3 is 2.62 bits per heavy atom. The Hall–Kier alpha value is -0.950. The second kappa shape index (κ2) is 9.15. The van der Waals surface area contributed by atoms with E-state index in [9.17, 15) is 9.59 Å². The van der Waals surface area contributed by atoms with Crippen LogP contribution in [0.1, 0.15) is 23.2 Å². The molecule has 2 heterocycles. The number of aromatic nitrogens is 1. The summed E-state index contributed by atoms with van der Waals surface area (Å²) in [4.78, 5) is 25.9. The normalized spacial score (nSPS) is 14.7. The molecule has 1 aromatic rings. The van der Waals surface area contributed by atoms with Gasteiger partial charge in [-0.2, -0.15) is 0 Å². The topological polar surface area (TPSA) is 100 Å². The molecule has 1 amide bonds. The Balaban J connectivity index is 0.00000200. The number of hydrogen-bond donors (Lipinski definition) is 4. The zero-order chi connectivity index (χ0) is 13.8. The predicted molar refractivity (Wildman–Crippen MR) is 88.9 cm³/mol. The minimum Gasteiger partial charge on any atom is -0.384 e. The van der Waals surface area contributed by atoms with Gasteiger partial charge in [-0.1, -0.05) is 11.6 Å². The molecule has 0 unspecified atom stereocenters. The molecule has 1 fully saturated rings. The smallest absolute Gasteiger partial charge is 0.262 e. The number of amides is 1.